The van der Waals surface area contributed by atoms with Gasteiger partial charge in [-0.3, -0.25) is 4.79 Å². The van der Waals surface area contributed by atoms with Crippen molar-refractivity contribution in [2.45, 2.75) is 0 Å². The highest BCUT2D eigenvalue weighted by Gasteiger charge is 2.17. The molecular formula is C17H14F2O5. The first kappa shape index (κ1) is 17.3. The minimum atomic E-state index is -1.59. The van der Waals surface area contributed by atoms with Crippen LogP contribution in [0.25, 0.3) is 6.08 Å². The van der Waals surface area contributed by atoms with E-state index in [-0.39, 0.29) is 16.9 Å². The molecule has 0 aliphatic heterocycles. The summed E-state index contributed by atoms with van der Waals surface area (Å²) in [7, 11) is 2.84. The molecule has 0 aliphatic carbocycles. The van der Waals surface area contributed by atoms with Gasteiger partial charge in [0, 0.05) is 11.6 Å². The van der Waals surface area contributed by atoms with Crippen molar-refractivity contribution in [3.8, 4) is 23.0 Å². The minimum absolute atomic E-state index is 0.193. The molecular weight excluding hydrogens is 322 g/mol. The van der Waals surface area contributed by atoms with Crippen LogP contribution < -0.4 is 9.47 Å². The van der Waals surface area contributed by atoms with E-state index in [1.165, 1.54) is 26.4 Å². The number of phenols is 2. The summed E-state index contributed by atoms with van der Waals surface area (Å²) in [6.45, 7) is 0. The highest BCUT2D eigenvalue weighted by atomic mass is 19.2. The second kappa shape index (κ2) is 6.99. The zero-order valence-corrected chi connectivity index (χ0v) is 12.8. The summed E-state index contributed by atoms with van der Waals surface area (Å²) >= 11 is 0. The number of hydrogen-bond acceptors (Lipinski definition) is 5. The molecule has 0 amide bonds. The van der Waals surface area contributed by atoms with Gasteiger partial charge in [0.1, 0.15) is 11.5 Å². The number of aromatic hydroxyl groups is 2. The standard InChI is InChI=1S/C17H14F2O5/c1-23-10-4-5-11(14(8-10)24-2)12(20)6-3-9-7-13(21)17(22)16(19)15(9)18/h3-8,21-22H,1-2H3/b6-3+. The van der Waals surface area contributed by atoms with E-state index in [1.54, 1.807) is 6.07 Å². The van der Waals surface area contributed by atoms with Gasteiger partial charge in [0.05, 0.1) is 19.8 Å². The molecule has 5 nitrogen and oxygen atoms in total. The number of methoxy groups -OCH3 is 2. The van der Waals surface area contributed by atoms with Gasteiger partial charge in [-0.25, -0.2) is 4.39 Å². The van der Waals surface area contributed by atoms with Crippen LogP contribution in [0.2, 0.25) is 0 Å². The molecule has 0 saturated heterocycles. The highest BCUT2D eigenvalue weighted by molar-refractivity contribution is 6.08. The van der Waals surface area contributed by atoms with Crippen molar-refractivity contribution in [2.24, 2.45) is 0 Å². The molecule has 0 fully saturated rings. The van der Waals surface area contributed by atoms with Gasteiger partial charge in [-0.1, -0.05) is 0 Å². The number of halogens is 2. The number of hydrogen-bond donors (Lipinski definition) is 2. The molecule has 0 unspecified atom stereocenters. The van der Waals surface area contributed by atoms with E-state index in [4.69, 9.17) is 14.6 Å². The fraction of sp³-hybridized carbons (Fsp3) is 0.118. The zero-order valence-electron chi connectivity index (χ0n) is 12.8. The topological polar surface area (TPSA) is 76.0 Å². The van der Waals surface area contributed by atoms with Gasteiger partial charge >= 0.3 is 0 Å². The molecule has 2 rings (SSSR count). The number of allylic oxidation sites excluding steroid dienone is 1. The summed E-state index contributed by atoms with van der Waals surface area (Å²) in [6.07, 6.45) is 1.99. The van der Waals surface area contributed by atoms with E-state index in [0.29, 0.717) is 5.75 Å². The van der Waals surface area contributed by atoms with Crippen LogP contribution in [0.15, 0.2) is 30.3 Å². The van der Waals surface area contributed by atoms with Crippen LogP contribution in [-0.2, 0) is 0 Å². The van der Waals surface area contributed by atoms with Crippen molar-refractivity contribution >= 4 is 11.9 Å². The van der Waals surface area contributed by atoms with Crippen LogP contribution in [0.1, 0.15) is 15.9 Å². The van der Waals surface area contributed by atoms with Crippen LogP contribution in [0.3, 0.4) is 0 Å². The monoisotopic (exact) mass is 336 g/mol. The Bertz CT molecular complexity index is 815. The maximum Gasteiger partial charge on any atom is 0.204 e. The quantitative estimate of drug-likeness (QED) is 0.498. The molecule has 0 bridgehead atoms. The fourth-order valence-corrected chi connectivity index (χ4v) is 2.00. The van der Waals surface area contributed by atoms with Crippen LogP contribution >= 0.6 is 0 Å². The van der Waals surface area contributed by atoms with Crippen molar-refractivity contribution in [1.29, 1.82) is 0 Å². The second-order valence-electron chi connectivity index (χ2n) is 4.73. The minimum Gasteiger partial charge on any atom is -0.504 e. The lowest BCUT2D eigenvalue weighted by Gasteiger charge is -2.08. The van der Waals surface area contributed by atoms with E-state index in [2.05, 4.69) is 0 Å². The number of ether oxygens (including phenoxy) is 2. The molecule has 0 aromatic heterocycles. The second-order valence-corrected chi connectivity index (χ2v) is 4.73. The molecule has 126 valence electrons. The molecule has 0 atom stereocenters. The van der Waals surface area contributed by atoms with Gasteiger partial charge in [0.15, 0.2) is 23.1 Å². The third kappa shape index (κ3) is 3.29. The van der Waals surface area contributed by atoms with E-state index in [1.807, 2.05) is 0 Å². The van der Waals surface area contributed by atoms with Gasteiger partial charge in [0.2, 0.25) is 5.82 Å². The first-order valence-corrected chi connectivity index (χ1v) is 6.73. The Morgan fingerprint density at radius 1 is 1.08 bits per heavy atom. The van der Waals surface area contributed by atoms with E-state index in [0.717, 1.165) is 18.2 Å². The maximum absolute atomic E-state index is 13.7. The number of carbonyl (C=O) groups is 1. The lowest BCUT2D eigenvalue weighted by Crippen LogP contribution is -2.00. The molecule has 0 aliphatic rings. The number of phenolic OH excluding ortho intramolecular Hbond substituents is 2. The van der Waals surface area contributed by atoms with E-state index >= 15 is 0 Å². The molecule has 0 spiro atoms. The molecule has 0 radical (unpaired) electrons. The summed E-state index contributed by atoms with van der Waals surface area (Å²) in [4.78, 5) is 12.2. The summed E-state index contributed by atoms with van der Waals surface area (Å²) < 4.78 is 37.2. The average molecular weight is 336 g/mol. The Balaban J connectivity index is 2.35. The first-order valence-electron chi connectivity index (χ1n) is 6.73. The van der Waals surface area contributed by atoms with Crippen molar-refractivity contribution in [3.05, 3.63) is 53.1 Å². The number of ketones is 1. The number of benzene rings is 2. The third-order valence-electron chi connectivity index (χ3n) is 3.28. The van der Waals surface area contributed by atoms with Gasteiger partial charge < -0.3 is 19.7 Å². The lowest BCUT2D eigenvalue weighted by atomic mass is 10.1. The predicted octanol–water partition coefficient (Wildman–Crippen LogP) is 3.29. The third-order valence-corrected chi connectivity index (χ3v) is 3.28. The van der Waals surface area contributed by atoms with Crippen LogP contribution in [0.4, 0.5) is 8.78 Å². The van der Waals surface area contributed by atoms with Crippen molar-refractivity contribution in [3.63, 3.8) is 0 Å². The average Bonchev–Trinajstić information content (AvgIpc) is 2.60. The Morgan fingerprint density at radius 3 is 2.42 bits per heavy atom. The van der Waals surface area contributed by atoms with E-state index < -0.39 is 28.9 Å². The Kier molecular flexibility index (Phi) is 5.03. The molecule has 0 saturated carbocycles. The van der Waals surface area contributed by atoms with Crippen LogP contribution in [0.5, 0.6) is 23.0 Å². The molecule has 24 heavy (non-hydrogen) atoms. The smallest absolute Gasteiger partial charge is 0.204 e. The predicted molar refractivity (Wildman–Crippen MR) is 82.6 cm³/mol. The van der Waals surface area contributed by atoms with Gasteiger partial charge in [-0.15, -0.1) is 0 Å². The SMILES string of the molecule is COc1ccc(C(=O)/C=C/c2cc(O)c(O)c(F)c2F)c(OC)c1. The maximum atomic E-state index is 13.7. The molecule has 2 aromatic rings. The molecule has 2 aromatic carbocycles. The lowest BCUT2D eigenvalue weighted by molar-refractivity contribution is 0.104. The Morgan fingerprint density at radius 2 is 1.79 bits per heavy atom. The molecule has 0 heterocycles. The van der Waals surface area contributed by atoms with Gasteiger partial charge in [-0.2, -0.15) is 4.39 Å². The van der Waals surface area contributed by atoms with Crippen LogP contribution in [-0.4, -0.2) is 30.2 Å². The first-order chi connectivity index (χ1) is 11.4. The van der Waals surface area contributed by atoms with Crippen molar-refractivity contribution in [1.82, 2.24) is 0 Å². The van der Waals surface area contributed by atoms with E-state index in [9.17, 15) is 18.7 Å². The molecule has 2 N–H and O–H groups in total. The van der Waals surface area contributed by atoms with Gasteiger partial charge in [0.25, 0.3) is 0 Å². The Labute approximate surface area is 136 Å². The number of rotatable bonds is 5. The highest BCUT2D eigenvalue weighted by Crippen LogP contribution is 2.32. The number of carbonyl (C=O) groups excluding carboxylic acids is 1. The van der Waals surface area contributed by atoms with Crippen molar-refractivity contribution in [2.75, 3.05) is 14.2 Å². The summed E-state index contributed by atoms with van der Waals surface area (Å²) in [6, 6.07) is 5.34. The normalized spacial score (nSPS) is 10.8. The fourth-order valence-electron chi connectivity index (χ4n) is 2.00. The summed E-state index contributed by atoms with van der Waals surface area (Å²) in [5.41, 5.74) is -0.193. The summed E-state index contributed by atoms with van der Waals surface area (Å²) in [5, 5.41) is 18.4. The Hall–Kier alpha value is -3.09. The van der Waals surface area contributed by atoms with Gasteiger partial charge in [-0.05, 0) is 30.4 Å². The summed E-state index contributed by atoms with van der Waals surface area (Å²) in [5.74, 6) is -4.77. The zero-order chi connectivity index (χ0) is 17.9. The van der Waals surface area contributed by atoms with Crippen molar-refractivity contribution < 1.29 is 33.3 Å². The van der Waals surface area contributed by atoms with Crippen LogP contribution in [0, 0.1) is 11.6 Å². The largest absolute Gasteiger partial charge is 0.504 e. The molecule has 7 heteroatoms.